The van der Waals surface area contributed by atoms with Crippen molar-refractivity contribution in [3.05, 3.63) is 42.7 Å². The van der Waals surface area contributed by atoms with Crippen LogP contribution in [0, 0.1) is 5.92 Å². The third-order valence-corrected chi connectivity index (χ3v) is 5.35. The fourth-order valence-corrected chi connectivity index (χ4v) is 3.73. The molecule has 1 atom stereocenters. The predicted octanol–water partition coefficient (Wildman–Crippen LogP) is 4.35. The lowest BCUT2D eigenvalue weighted by Crippen LogP contribution is -2.41. The second kappa shape index (κ2) is 9.11. The number of nitrogens with one attached hydrogen (secondary N) is 1. The zero-order valence-electron chi connectivity index (χ0n) is 14.7. The lowest BCUT2D eigenvalue weighted by molar-refractivity contribution is -0.121. The van der Waals surface area contributed by atoms with E-state index in [1.165, 1.54) is 12.2 Å². The Balaban J connectivity index is 1.52. The Morgan fingerprint density at radius 2 is 2.16 bits per heavy atom. The van der Waals surface area contributed by atoms with Crippen LogP contribution in [0.25, 0.3) is 11.3 Å². The summed E-state index contributed by atoms with van der Waals surface area (Å²) in [6.45, 7) is 3.10. The highest BCUT2D eigenvalue weighted by Crippen LogP contribution is 2.23. The molecule has 5 heteroatoms. The maximum Gasteiger partial charge on any atom is 0.228 e. The van der Waals surface area contributed by atoms with E-state index in [-0.39, 0.29) is 11.8 Å². The van der Waals surface area contributed by atoms with Crippen molar-refractivity contribution < 1.29 is 9.21 Å². The lowest BCUT2D eigenvalue weighted by Gasteiger charge is -2.31. The van der Waals surface area contributed by atoms with Gasteiger partial charge in [-0.3, -0.25) is 4.79 Å². The second-order valence-corrected chi connectivity index (χ2v) is 7.52. The van der Waals surface area contributed by atoms with Crippen LogP contribution in [0.5, 0.6) is 0 Å². The van der Waals surface area contributed by atoms with Gasteiger partial charge in [-0.1, -0.05) is 0 Å². The van der Waals surface area contributed by atoms with E-state index in [1.807, 2.05) is 48.2 Å². The Kier molecular flexibility index (Phi) is 6.59. The number of benzene rings is 1. The average molecular weight is 359 g/mol. The number of thioether (sulfide) groups is 1. The van der Waals surface area contributed by atoms with Gasteiger partial charge in [-0.2, -0.15) is 11.8 Å². The molecule has 134 valence electrons. The summed E-state index contributed by atoms with van der Waals surface area (Å²) in [4.78, 5) is 15.0. The second-order valence-electron chi connectivity index (χ2n) is 6.53. The number of amides is 1. The highest BCUT2D eigenvalue weighted by molar-refractivity contribution is 7.98. The molecule has 1 aliphatic rings. The van der Waals surface area contributed by atoms with Gasteiger partial charge in [-0.25, -0.2) is 0 Å². The summed E-state index contributed by atoms with van der Waals surface area (Å²) in [7, 11) is 0. The quantitative estimate of drug-likeness (QED) is 0.748. The Bertz CT molecular complexity index is 655. The molecule has 0 radical (unpaired) electrons. The van der Waals surface area contributed by atoms with Crippen molar-refractivity contribution in [3.8, 4) is 11.3 Å². The van der Waals surface area contributed by atoms with Crippen LogP contribution in [-0.2, 0) is 4.79 Å². The molecule has 0 aliphatic carbocycles. The van der Waals surface area contributed by atoms with Crippen molar-refractivity contribution in [3.63, 3.8) is 0 Å². The van der Waals surface area contributed by atoms with Gasteiger partial charge in [0.15, 0.2) is 0 Å². The molecule has 2 aromatic rings. The first-order valence-corrected chi connectivity index (χ1v) is 10.3. The van der Waals surface area contributed by atoms with Crippen molar-refractivity contribution >= 4 is 23.4 Å². The third-order valence-electron chi connectivity index (χ3n) is 4.66. The fraction of sp³-hybridized carbons (Fsp3) is 0.450. The summed E-state index contributed by atoms with van der Waals surface area (Å²) in [5.74, 6) is 2.26. The largest absolute Gasteiger partial charge is 0.464 e. The summed E-state index contributed by atoms with van der Waals surface area (Å²) in [5, 5.41) is 3.07. The number of nitrogens with zero attached hydrogens (tertiary/aromatic N) is 1. The maximum atomic E-state index is 12.6. The number of rotatable bonds is 7. The molecule has 1 aromatic carbocycles. The lowest BCUT2D eigenvalue weighted by atomic mass is 9.97. The number of anilines is 1. The standard InChI is InChI=1S/C20H26N2O2S/c1-25-14-4-12-22-11-2-5-17(15-22)20(23)21-18-9-7-16(8-10-18)19-6-3-13-24-19/h3,6-10,13,17H,2,4-5,11-12,14-15H2,1H3,(H,21,23)/t17-/m0/s1. The fourth-order valence-electron chi connectivity index (χ4n) is 3.31. The van der Waals surface area contributed by atoms with Crippen LogP contribution in [0.3, 0.4) is 0 Å². The molecule has 0 spiro atoms. The molecule has 1 fully saturated rings. The number of likely N-dealkylation sites (tertiary alicyclic amines) is 1. The Morgan fingerprint density at radius 1 is 1.32 bits per heavy atom. The van der Waals surface area contributed by atoms with E-state index in [0.29, 0.717) is 0 Å². The van der Waals surface area contributed by atoms with E-state index in [0.717, 1.165) is 49.5 Å². The van der Waals surface area contributed by atoms with Gasteiger partial charge in [0.1, 0.15) is 5.76 Å². The average Bonchev–Trinajstić information content (AvgIpc) is 3.17. The zero-order chi connectivity index (χ0) is 17.5. The van der Waals surface area contributed by atoms with E-state index in [4.69, 9.17) is 4.42 Å². The number of hydrogen-bond acceptors (Lipinski definition) is 4. The minimum Gasteiger partial charge on any atom is -0.464 e. The minimum absolute atomic E-state index is 0.0905. The smallest absolute Gasteiger partial charge is 0.228 e. The molecule has 2 heterocycles. The van der Waals surface area contributed by atoms with Crippen molar-refractivity contribution in [2.24, 2.45) is 5.92 Å². The molecule has 1 saturated heterocycles. The normalized spacial score (nSPS) is 18.2. The van der Waals surface area contributed by atoms with E-state index in [1.54, 1.807) is 6.26 Å². The Labute approximate surface area is 154 Å². The van der Waals surface area contributed by atoms with Gasteiger partial charge in [0, 0.05) is 17.8 Å². The van der Waals surface area contributed by atoms with E-state index < -0.39 is 0 Å². The molecule has 3 rings (SSSR count). The highest BCUT2D eigenvalue weighted by Gasteiger charge is 2.25. The number of furan rings is 1. The van der Waals surface area contributed by atoms with Crippen molar-refractivity contribution in [1.29, 1.82) is 0 Å². The summed E-state index contributed by atoms with van der Waals surface area (Å²) in [6.07, 6.45) is 7.09. The molecule has 1 aliphatic heterocycles. The van der Waals surface area contributed by atoms with Crippen LogP contribution in [0.15, 0.2) is 47.1 Å². The van der Waals surface area contributed by atoms with E-state index >= 15 is 0 Å². The maximum absolute atomic E-state index is 12.6. The Hall–Kier alpha value is -1.72. The molecule has 25 heavy (non-hydrogen) atoms. The first-order chi connectivity index (χ1) is 12.3. The molecule has 0 unspecified atom stereocenters. The predicted molar refractivity (Wildman–Crippen MR) is 105 cm³/mol. The van der Waals surface area contributed by atoms with Crippen molar-refractivity contribution in [2.45, 2.75) is 19.3 Å². The van der Waals surface area contributed by atoms with Gasteiger partial charge in [0.25, 0.3) is 0 Å². The van der Waals surface area contributed by atoms with Crippen molar-refractivity contribution in [1.82, 2.24) is 4.90 Å². The van der Waals surface area contributed by atoms with Crippen LogP contribution < -0.4 is 5.32 Å². The summed E-state index contributed by atoms with van der Waals surface area (Å²) in [6, 6.07) is 11.6. The van der Waals surface area contributed by atoms with Crippen molar-refractivity contribution in [2.75, 3.05) is 37.0 Å². The van der Waals surface area contributed by atoms with Gasteiger partial charge < -0.3 is 14.6 Å². The molecule has 1 N–H and O–H groups in total. The minimum atomic E-state index is 0.0905. The van der Waals surface area contributed by atoms with Crippen LogP contribution >= 0.6 is 11.8 Å². The van der Waals surface area contributed by atoms with E-state index in [2.05, 4.69) is 16.5 Å². The highest BCUT2D eigenvalue weighted by atomic mass is 32.2. The van der Waals surface area contributed by atoms with Gasteiger partial charge >= 0.3 is 0 Å². The van der Waals surface area contributed by atoms with E-state index in [9.17, 15) is 4.79 Å². The molecule has 4 nitrogen and oxygen atoms in total. The molecular weight excluding hydrogens is 332 g/mol. The summed E-state index contributed by atoms with van der Waals surface area (Å²) in [5.41, 5.74) is 1.86. The van der Waals surface area contributed by atoms with Crippen LogP contribution in [0.2, 0.25) is 0 Å². The zero-order valence-corrected chi connectivity index (χ0v) is 15.6. The molecule has 1 aromatic heterocycles. The Morgan fingerprint density at radius 3 is 2.88 bits per heavy atom. The topological polar surface area (TPSA) is 45.5 Å². The van der Waals surface area contributed by atoms with Crippen LogP contribution in [0.1, 0.15) is 19.3 Å². The van der Waals surface area contributed by atoms with Gasteiger partial charge in [-0.15, -0.1) is 0 Å². The van der Waals surface area contributed by atoms with Gasteiger partial charge in [0.05, 0.1) is 12.2 Å². The number of carbonyl (C=O) groups is 1. The van der Waals surface area contributed by atoms with Gasteiger partial charge in [0.2, 0.25) is 5.91 Å². The molecular formula is C20H26N2O2S. The molecule has 1 amide bonds. The van der Waals surface area contributed by atoms with Crippen LogP contribution in [-0.4, -0.2) is 42.4 Å². The molecule has 0 bridgehead atoms. The first kappa shape index (κ1) is 18.1. The SMILES string of the molecule is CSCCCN1CCC[C@H](C(=O)Nc2ccc(-c3ccco3)cc2)C1. The summed E-state index contributed by atoms with van der Waals surface area (Å²) < 4.78 is 5.39. The number of hydrogen-bond donors (Lipinski definition) is 1. The molecule has 0 saturated carbocycles. The monoisotopic (exact) mass is 358 g/mol. The number of carbonyl (C=O) groups excluding carboxylic acids is 1. The van der Waals surface area contributed by atoms with Gasteiger partial charge in [-0.05, 0) is 80.8 Å². The first-order valence-electron chi connectivity index (χ1n) is 8.92. The summed E-state index contributed by atoms with van der Waals surface area (Å²) >= 11 is 1.89. The van der Waals surface area contributed by atoms with Crippen LogP contribution in [0.4, 0.5) is 5.69 Å². The third kappa shape index (κ3) is 5.13. The number of piperidine rings is 1.